The number of aromatic nitrogens is 1. The van der Waals surface area contributed by atoms with Gasteiger partial charge in [0.05, 0.1) is 4.88 Å². The second-order valence-electron chi connectivity index (χ2n) is 3.16. The van der Waals surface area contributed by atoms with Crippen molar-refractivity contribution in [3.63, 3.8) is 0 Å². The highest BCUT2D eigenvalue weighted by atomic mass is 32.1. The molecule has 0 saturated carbocycles. The maximum atomic E-state index is 11.8. The molecule has 0 bridgehead atoms. The van der Waals surface area contributed by atoms with E-state index in [1.165, 1.54) is 22.7 Å². The molecule has 0 saturated heterocycles. The number of carbonyl (C=O) groups is 1. The van der Waals surface area contributed by atoms with Crippen LogP contribution in [-0.4, -0.2) is 10.9 Å². The number of anilines is 1. The number of nitrogens with zero attached hydrogens (tertiary/aromatic N) is 1. The molecule has 0 spiro atoms. The van der Waals surface area contributed by atoms with Gasteiger partial charge < -0.3 is 0 Å². The standard InChI is InChI=1S/C10H10N2OS2/c1-6-3-4-14-8(6)9(13)12-10-11-5-7(2)15-10/h3-5H,1-2H3,(H,11,12,13). The van der Waals surface area contributed by atoms with Gasteiger partial charge in [0.2, 0.25) is 0 Å². The van der Waals surface area contributed by atoms with Gasteiger partial charge in [-0.25, -0.2) is 4.98 Å². The summed E-state index contributed by atoms with van der Waals surface area (Å²) in [5, 5.41) is 5.36. The fourth-order valence-electron chi connectivity index (χ4n) is 1.17. The highest BCUT2D eigenvalue weighted by molar-refractivity contribution is 7.16. The normalized spacial score (nSPS) is 10.3. The maximum absolute atomic E-state index is 11.8. The molecule has 2 aromatic heterocycles. The Bertz CT molecular complexity index is 487. The summed E-state index contributed by atoms with van der Waals surface area (Å²) in [6.07, 6.45) is 1.75. The van der Waals surface area contributed by atoms with E-state index in [0.717, 1.165) is 15.3 Å². The van der Waals surface area contributed by atoms with Crippen molar-refractivity contribution in [1.29, 1.82) is 0 Å². The third kappa shape index (κ3) is 2.24. The van der Waals surface area contributed by atoms with Crippen LogP contribution in [0.5, 0.6) is 0 Å². The summed E-state index contributed by atoms with van der Waals surface area (Å²) >= 11 is 2.93. The summed E-state index contributed by atoms with van der Waals surface area (Å²) in [5.74, 6) is -0.0724. The van der Waals surface area contributed by atoms with Crippen LogP contribution < -0.4 is 5.32 Å². The van der Waals surface area contributed by atoms with Crippen molar-refractivity contribution in [2.75, 3.05) is 5.32 Å². The number of thiophene rings is 1. The topological polar surface area (TPSA) is 42.0 Å². The zero-order valence-corrected chi connectivity index (χ0v) is 10.0. The molecule has 2 heterocycles. The zero-order chi connectivity index (χ0) is 10.8. The summed E-state index contributed by atoms with van der Waals surface area (Å²) in [6.45, 7) is 3.89. The summed E-state index contributed by atoms with van der Waals surface area (Å²) in [5.41, 5.74) is 1.01. The number of thiazole rings is 1. The SMILES string of the molecule is Cc1cnc(NC(=O)c2sccc2C)s1. The molecule has 78 valence electrons. The van der Waals surface area contributed by atoms with E-state index in [-0.39, 0.29) is 5.91 Å². The van der Waals surface area contributed by atoms with Gasteiger partial charge in [-0.1, -0.05) is 0 Å². The molecule has 2 rings (SSSR count). The van der Waals surface area contributed by atoms with E-state index in [2.05, 4.69) is 10.3 Å². The van der Waals surface area contributed by atoms with E-state index >= 15 is 0 Å². The molecule has 1 N–H and O–H groups in total. The summed E-state index contributed by atoms with van der Waals surface area (Å²) in [6, 6.07) is 1.94. The molecule has 5 heteroatoms. The van der Waals surface area contributed by atoms with Crippen LogP contribution in [0.4, 0.5) is 5.13 Å². The predicted molar refractivity (Wildman–Crippen MR) is 63.9 cm³/mol. The number of hydrogen-bond acceptors (Lipinski definition) is 4. The van der Waals surface area contributed by atoms with Gasteiger partial charge >= 0.3 is 0 Å². The van der Waals surface area contributed by atoms with Crippen LogP contribution in [0, 0.1) is 13.8 Å². The Morgan fingerprint density at radius 3 is 2.80 bits per heavy atom. The third-order valence-corrected chi connectivity index (χ3v) is 3.75. The van der Waals surface area contributed by atoms with E-state index in [1.54, 1.807) is 6.20 Å². The minimum Gasteiger partial charge on any atom is -0.297 e. The minimum atomic E-state index is -0.0724. The lowest BCUT2D eigenvalue weighted by molar-refractivity contribution is 0.103. The van der Waals surface area contributed by atoms with E-state index in [0.29, 0.717) is 5.13 Å². The molecular formula is C10H10N2OS2. The Morgan fingerprint density at radius 1 is 1.47 bits per heavy atom. The number of hydrogen-bond donors (Lipinski definition) is 1. The molecule has 0 atom stereocenters. The van der Waals surface area contributed by atoms with Crippen molar-refractivity contribution < 1.29 is 4.79 Å². The number of amides is 1. The smallest absolute Gasteiger partial charge is 0.267 e. The first kappa shape index (κ1) is 10.3. The van der Waals surface area contributed by atoms with Gasteiger partial charge in [-0.15, -0.1) is 22.7 Å². The number of nitrogens with one attached hydrogen (secondary N) is 1. The molecule has 0 aromatic carbocycles. The highest BCUT2D eigenvalue weighted by Crippen LogP contribution is 2.20. The van der Waals surface area contributed by atoms with Crippen LogP contribution in [0.1, 0.15) is 20.1 Å². The first-order valence-corrected chi connectivity index (χ1v) is 6.14. The van der Waals surface area contributed by atoms with Gasteiger partial charge in [-0.2, -0.15) is 0 Å². The predicted octanol–water partition coefficient (Wildman–Crippen LogP) is 3.07. The van der Waals surface area contributed by atoms with Crippen LogP contribution in [-0.2, 0) is 0 Å². The Kier molecular flexibility index (Phi) is 2.83. The molecular weight excluding hydrogens is 228 g/mol. The molecule has 0 radical (unpaired) electrons. The molecule has 15 heavy (non-hydrogen) atoms. The average molecular weight is 238 g/mol. The fourth-order valence-corrected chi connectivity index (χ4v) is 2.65. The van der Waals surface area contributed by atoms with Crippen LogP contribution in [0.2, 0.25) is 0 Å². The second kappa shape index (κ2) is 4.12. The van der Waals surface area contributed by atoms with E-state index in [4.69, 9.17) is 0 Å². The molecule has 0 aliphatic heterocycles. The molecule has 0 fully saturated rings. The first-order chi connectivity index (χ1) is 7.16. The van der Waals surface area contributed by atoms with E-state index in [9.17, 15) is 4.79 Å². The number of carbonyl (C=O) groups excluding carboxylic acids is 1. The Labute approximate surface area is 95.8 Å². The Balaban J connectivity index is 2.14. The lowest BCUT2D eigenvalue weighted by Crippen LogP contribution is -2.10. The summed E-state index contributed by atoms with van der Waals surface area (Å²) < 4.78 is 0. The molecule has 0 aliphatic rings. The van der Waals surface area contributed by atoms with Crippen molar-refractivity contribution in [3.05, 3.63) is 33.0 Å². The van der Waals surface area contributed by atoms with Crippen molar-refractivity contribution >= 4 is 33.7 Å². The Morgan fingerprint density at radius 2 is 2.27 bits per heavy atom. The van der Waals surface area contributed by atoms with Crippen molar-refractivity contribution in [1.82, 2.24) is 4.98 Å². The zero-order valence-electron chi connectivity index (χ0n) is 8.40. The van der Waals surface area contributed by atoms with Gasteiger partial charge in [0.25, 0.3) is 5.91 Å². The second-order valence-corrected chi connectivity index (χ2v) is 5.31. The molecule has 2 aromatic rings. The summed E-state index contributed by atoms with van der Waals surface area (Å²) in [4.78, 5) is 17.7. The lowest BCUT2D eigenvalue weighted by Gasteiger charge is -1.99. The van der Waals surface area contributed by atoms with Crippen LogP contribution in [0.15, 0.2) is 17.6 Å². The molecule has 0 aliphatic carbocycles. The molecule has 0 unspecified atom stereocenters. The first-order valence-electron chi connectivity index (χ1n) is 4.44. The fraction of sp³-hybridized carbons (Fsp3) is 0.200. The maximum Gasteiger partial charge on any atom is 0.267 e. The monoisotopic (exact) mass is 238 g/mol. The Hall–Kier alpha value is -1.20. The van der Waals surface area contributed by atoms with Gasteiger partial charge in [-0.05, 0) is 30.9 Å². The van der Waals surface area contributed by atoms with Crippen molar-refractivity contribution in [3.8, 4) is 0 Å². The largest absolute Gasteiger partial charge is 0.297 e. The van der Waals surface area contributed by atoms with E-state index < -0.39 is 0 Å². The van der Waals surface area contributed by atoms with Crippen LogP contribution in [0.3, 0.4) is 0 Å². The number of aryl methyl sites for hydroxylation is 2. The highest BCUT2D eigenvalue weighted by Gasteiger charge is 2.11. The van der Waals surface area contributed by atoms with Crippen LogP contribution in [0.25, 0.3) is 0 Å². The minimum absolute atomic E-state index is 0.0724. The summed E-state index contributed by atoms with van der Waals surface area (Å²) in [7, 11) is 0. The van der Waals surface area contributed by atoms with Gasteiger partial charge in [0.1, 0.15) is 0 Å². The molecule has 3 nitrogen and oxygen atoms in total. The lowest BCUT2D eigenvalue weighted by atomic mass is 10.3. The van der Waals surface area contributed by atoms with Gasteiger partial charge in [-0.3, -0.25) is 10.1 Å². The number of rotatable bonds is 2. The average Bonchev–Trinajstić information content (AvgIpc) is 2.75. The third-order valence-electron chi connectivity index (χ3n) is 1.91. The van der Waals surface area contributed by atoms with Crippen LogP contribution >= 0.6 is 22.7 Å². The van der Waals surface area contributed by atoms with Crippen molar-refractivity contribution in [2.45, 2.75) is 13.8 Å². The van der Waals surface area contributed by atoms with Gasteiger partial charge in [0.15, 0.2) is 5.13 Å². The quantitative estimate of drug-likeness (QED) is 0.873. The van der Waals surface area contributed by atoms with E-state index in [1.807, 2.05) is 25.3 Å². The van der Waals surface area contributed by atoms with Gasteiger partial charge in [0, 0.05) is 11.1 Å². The molecule has 1 amide bonds. The van der Waals surface area contributed by atoms with Crippen molar-refractivity contribution in [2.24, 2.45) is 0 Å².